The molecule has 12 nitrogen and oxygen atoms in total. The number of aryl methyl sites for hydroxylation is 1. The van der Waals surface area contributed by atoms with Crippen LogP contribution in [-0.2, 0) is 38.1 Å². The van der Waals surface area contributed by atoms with E-state index in [-0.39, 0.29) is 55.4 Å². The van der Waals surface area contributed by atoms with Crippen LogP contribution >= 0.6 is 11.6 Å². The van der Waals surface area contributed by atoms with Crippen LogP contribution in [0.2, 0.25) is 5.02 Å². The zero-order valence-corrected chi connectivity index (χ0v) is 32.8. The van der Waals surface area contributed by atoms with Crippen LogP contribution < -0.4 is 9.47 Å². The van der Waals surface area contributed by atoms with E-state index in [1.807, 2.05) is 54.3 Å². The molecule has 1 saturated carbocycles. The second-order valence-corrected chi connectivity index (χ2v) is 16.0. The zero-order chi connectivity index (χ0) is 39.9. The summed E-state index contributed by atoms with van der Waals surface area (Å²) in [6, 6.07) is 14.1. The highest BCUT2D eigenvalue weighted by Crippen LogP contribution is 2.42. The smallest absolute Gasteiger partial charge is 0.410 e. The molecule has 3 aromatic rings. The summed E-state index contributed by atoms with van der Waals surface area (Å²) in [5, 5.41) is 9.21. The van der Waals surface area contributed by atoms with Gasteiger partial charge in [0.25, 0.3) is 11.0 Å². The minimum absolute atomic E-state index is 0.00117. The average Bonchev–Trinajstić information content (AvgIpc) is 4.02. The maximum Gasteiger partial charge on any atom is 0.410 e. The Morgan fingerprint density at radius 2 is 1.73 bits per heavy atom. The Bertz CT molecular complexity index is 2000. The third-order valence-corrected chi connectivity index (χ3v) is 12.1. The van der Waals surface area contributed by atoms with Gasteiger partial charge in [-0.15, -0.1) is 10.1 Å². The number of hydrogen-bond donors (Lipinski definition) is 0. The maximum absolute atomic E-state index is 15.0. The summed E-state index contributed by atoms with van der Waals surface area (Å²) in [4.78, 5) is 47.0. The first-order valence-corrected chi connectivity index (χ1v) is 20.4. The van der Waals surface area contributed by atoms with Crippen LogP contribution in [0, 0.1) is 28.7 Å². The monoisotopic (exact) mass is 815 g/mol. The topological polar surface area (TPSA) is 138 Å². The van der Waals surface area contributed by atoms with E-state index in [0.717, 1.165) is 52.8 Å². The minimum Gasteiger partial charge on any atom is -0.496 e. The molecule has 2 fully saturated rings. The lowest BCUT2D eigenvalue weighted by molar-refractivity contribution is -0.757. The standard InChI is InChI=1S/C40H44ClF2N3O9S/c1-25-28(8-5-9-35(25)52-2)22-44(29-14-15-29)39(47)36-31(21-30-23-56(51)24-34(36)45(30)40(48)54-18-3-4-20-55-46(49)50)27-12-10-26(11-13-27)7-6-19-53-38-33(43)17-16-32(42)37(38)41/h5,8-13,16-17,29-30,34H,3-4,6-7,14-15,18-24H2,1-2H3. The minimum atomic E-state index is -1.31. The molecule has 1 aliphatic carbocycles. The average molecular weight is 816 g/mol. The van der Waals surface area contributed by atoms with Gasteiger partial charge in [0, 0.05) is 40.5 Å². The van der Waals surface area contributed by atoms with E-state index < -0.39 is 50.7 Å². The molecule has 3 aliphatic rings. The normalized spacial score (nSPS) is 19.0. The summed E-state index contributed by atoms with van der Waals surface area (Å²) >= 11 is 5.89. The van der Waals surface area contributed by atoms with Gasteiger partial charge in [-0.3, -0.25) is 13.9 Å². The van der Waals surface area contributed by atoms with Gasteiger partial charge in [-0.1, -0.05) is 48.0 Å². The summed E-state index contributed by atoms with van der Waals surface area (Å²) in [6.07, 6.45) is 3.02. The SMILES string of the molecule is COc1cccc(CN(C(=O)C2=C(c3ccc(CCCOc4c(F)ccc(F)c4Cl)cc3)CC3CS(=O)CC2N3C(=O)OCCCCO[N+](=O)[O-])C2CC2)c1C. The third-order valence-electron chi connectivity index (χ3n) is 10.3. The molecule has 2 aliphatic heterocycles. The molecule has 6 rings (SSSR count). The predicted octanol–water partition coefficient (Wildman–Crippen LogP) is 7.22. The molecule has 2 heterocycles. The fourth-order valence-corrected chi connectivity index (χ4v) is 9.04. The Morgan fingerprint density at radius 3 is 2.45 bits per heavy atom. The fraction of sp³-hybridized carbons (Fsp3) is 0.450. The van der Waals surface area contributed by atoms with Gasteiger partial charge < -0.3 is 23.9 Å². The first-order chi connectivity index (χ1) is 27.0. The lowest BCUT2D eigenvalue weighted by Crippen LogP contribution is -2.60. The van der Waals surface area contributed by atoms with Crippen LogP contribution in [0.25, 0.3) is 5.57 Å². The number of methoxy groups -OCH3 is 1. The molecule has 3 aromatic carbocycles. The second-order valence-electron chi connectivity index (χ2n) is 14.1. The van der Waals surface area contributed by atoms with Crippen molar-refractivity contribution in [3.05, 3.63) is 109 Å². The van der Waals surface area contributed by atoms with Gasteiger partial charge in [-0.25, -0.2) is 13.6 Å². The number of fused-ring (bicyclic) bond motifs is 2. The molecular formula is C40H44ClF2N3O9S. The van der Waals surface area contributed by atoms with Crippen molar-refractivity contribution in [3.8, 4) is 11.5 Å². The summed E-state index contributed by atoms with van der Waals surface area (Å²) < 4.78 is 58.0. The molecule has 0 N–H and O–H groups in total. The Morgan fingerprint density at radius 1 is 1.00 bits per heavy atom. The number of benzene rings is 3. The van der Waals surface area contributed by atoms with Gasteiger partial charge in [0.15, 0.2) is 11.6 Å². The van der Waals surface area contributed by atoms with Crippen LogP contribution in [0.15, 0.2) is 60.2 Å². The lowest BCUT2D eigenvalue weighted by Gasteiger charge is -2.47. The first-order valence-electron chi connectivity index (χ1n) is 18.6. The highest BCUT2D eigenvalue weighted by Gasteiger charge is 2.49. The van der Waals surface area contributed by atoms with E-state index in [2.05, 4.69) is 4.84 Å². The summed E-state index contributed by atoms with van der Waals surface area (Å²) in [5.41, 5.74) is 4.80. The first kappa shape index (κ1) is 40.9. The second kappa shape index (κ2) is 18.5. The highest BCUT2D eigenvalue weighted by atomic mass is 35.5. The van der Waals surface area contributed by atoms with E-state index in [1.54, 1.807) is 12.0 Å². The highest BCUT2D eigenvalue weighted by molar-refractivity contribution is 7.85. The molecule has 16 heteroatoms. The number of nitrogens with zero attached hydrogens (tertiary/aromatic N) is 3. The summed E-state index contributed by atoms with van der Waals surface area (Å²) in [5.74, 6) is -1.06. The number of carbonyl (C=O) groups is 2. The van der Waals surface area contributed by atoms with Crippen molar-refractivity contribution >= 4 is 40.0 Å². The van der Waals surface area contributed by atoms with Crippen LogP contribution in [0.4, 0.5) is 13.6 Å². The molecule has 300 valence electrons. The quantitative estimate of drug-likeness (QED) is 0.0599. The molecule has 3 unspecified atom stereocenters. The van der Waals surface area contributed by atoms with Gasteiger partial charge in [0.1, 0.15) is 16.6 Å². The Kier molecular flexibility index (Phi) is 13.5. The molecule has 3 atom stereocenters. The number of carbonyl (C=O) groups excluding carboxylic acids is 2. The summed E-state index contributed by atoms with van der Waals surface area (Å²) in [6.45, 7) is 2.26. The van der Waals surface area contributed by atoms with Crippen molar-refractivity contribution in [2.45, 2.75) is 76.5 Å². The van der Waals surface area contributed by atoms with Crippen molar-refractivity contribution in [3.63, 3.8) is 0 Å². The van der Waals surface area contributed by atoms with Crippen LogP contribution in [-0.4, -0.2) is 87.7 Å². The fourth-order valence-electron chi connectivity index (χ4n) is 7.31. The van der Waals surface area contributed by atoms with Gasteiger partial charge in [-0.05, 0) is 97.9 Å². The molecule has 56 heavy (non-hydrogen) atoms. The van der Waals surface area contributed by atoms with E-state index in [4.69, 9.17) is 25.8 Å². The van der Waals surface area contributed by atoms with Crippen molar-refractivity contribution in [2.75, 3.05) is 38.4 Å². The van der Waals surface area contributed by atoms with Crippen LogP contribution in [0.5, 0.6) is 11.5 Å². The largest absolute Gasteiger partial charge is 0.496 e. The number of amides is 2. The summed E-state index contributed by atoms with van der Waals surface area (Å²) in [7, 11) is 0.297. The Hall–Kier alpha value is -4.76. The lowest BCUT2D eigenvalue weighted by atomic mass is 9.84. The Labute approximate surface area is 331 Å². The molecule has 2 amide bonds. The predicted molar refractivity (Wildman–Crippen MR) is 205 cm³/mol. The van der Waals surface area contributed by atoms with E-state index >= 15 is 4.79 Å². The number of rotatable bonds is 17. The van der Waals surface area contributed by atoms with Crippen molar-refractivity contribution in [2.24, 2.45) is 0 Å². The van der Waals surface area contributed by atoms with E-state index in [9.17, 15) is 27.9 Å². The van der Waals surface area contributed by atoms with E-state index in [1.165, 1.54) is 0 Å². The number of halogens is 3. The third kappa shape index (κ3) is 9.60. The van der Waals surface area contributed by atoms with Crippen LogP contribution in [0.1, 0.15) is 60.8 Å². The van der Waals surface area contributed by atoms with Gasteiger partial charge >= 0.3 is 6.09 Å². The number of ether oxygens (including phenoxy) is 3. The number of hydrogen-bond acceptors (Lipinski definition) is 9. The van der Waals surface area contributed by atoms with Gasteiger partial charge in [-0.2, -0.15) is 0 Å². The number of unbranched alkanes of at least 4 members (excludes halogenated alkanes) is 1. The van der Waals surface area contributed by atoms with Gasteiger partial charge in [0.05, 0.1) is 39.0 Å². The van der Waals surface area contributed by atoms with Gasteiger partial charge in [0.2, 0.25) is 0 Å². The molecule has 0 radical (unpaired) electrons. The Balaban J connectivity index is 1.27. The zero-order valence-electron chi connectivity index (χ0n) is 31.2. The molecule has 0 aromatic heterocycles. The van der Waals surface area contributed by atoms with Crippen molar-refractivity contribution in [1.29, 1.82) is 0 Å². The van der Waals surface area contributed by atoms with E-state index in [0.29, 0.717) is 43.6 Å². The molecule has 1 saturated heterocycles. The molecule has 2 bridgehead atoms. The molecule has 0 spiro atoms. The maximum atomic E-state index is 15.0. The van der Waals surface area contributed by atoms with Crippen LogP contribution in [0.3, 0.4) is 0 Å². The molecular weight excluding hydrogens is 772 g/mol. The van der Waals surface area contributed by atoms with Crippen molar-refractivity contribution < 1.29 is 46.7 Å². The van der Waals surface area contributed by atoms with Crippen molar-refractivity contribution in [1.82, 2.24) is 9.80 Å².